The Morgan fingerprint density at radius 3 is 2.74 bits per heavy atom. The highest BCUT2D eigenvalue weighted by Gasteiger charge is 2.13. The molecule has 0 unspecified atom stereocenters. The number of benzene rings is 1. The fourth-order valence-corrected chi connectivity index (χ4v) is 2.55. The first-order chi connectivity index (χ1) is 11.2. The number of rotatable bonds is 5. The fourth-order valence-electron chi connectivity index (χ4n) is 2.28. The van der Waals surface area contributed by atoms with Crippen molar-refractivity contribution in [3.8, 4) is 0 Å². The zero-order chi connectivity index (χ0) is 16.2. The summed E-state index contributed by atoms with van der Waals surface area (Å²) in [6.07, 6.45) is 5.95. The minimum Gasteiger partial charge on any atom is -0.351 e. The number of carbonyl (C=O) groups excluding carboxylic acids is 1. The Kier molecular flexibility index (Phi) is 4.68. The van der Waals surface area contributed by atoms with Gasteiger partial charge in [0.25, 0.3) is 5.91 Å². The van der Waals surface area contributed by atoms with Gasteiger partial charge in [0.2, 0.25) is 0 Å². The number of aromatic nitrogens is 3. The van der Waals surface area contributed by atoms with Crippen LogP contribution in [0, 0.1) is 0 Å². The minimum atomic E-state index is -0.210. The van der Waals surface area contributed by atoms with Gasteiger partial charge in [-0.1, -0.05) is 28.1 Å². The van der Waals surface area contributed by atoms with Crippen molar-refractivity contribution < 1.29 is 4.79 Å². The molecule has 6 nitrogen and oxygen atoms in total. The van der Waals surface area contributed by atoms with Crippen molar-refractivity contribution in [1.82, 2.24) is 19.9 Å². The largest absolute Gasteiger partial charge is 0.351 e. The van der Waals surface area contributed by atoms with Crippen molar-refractivity contribution >= 4 is 27.5 Å². The van der Waals surface area contributed by atoms with Crippen LogP contribution in [0.15, 0.2) is 47.3 Å². The van der Waals surface area contributed by atoms with E-state index in [0.717, 1.165) is 16.5 Å². The van der Waals surface area contributed by atoms with E-state index in [1.165, 1.54) is 11.8 Å². The lowest BCUT2D eigenvalue weighted by molar-refractivity contribution is 0.0956. The van der Waals surface area contributed by atoms with Gasteiger partial charge in [0.15, 0.2) is 5.65 Å². The summed E-state index contributed by atoms with van der Waals surface area (Å²) in [7, 11) is 0. The van der Waals surface area contributed by atoms with Crippen molar-refractivity contribution in [1.29, 1.82) is 0 Å². The van der Waals surface area contributed by atoms with Gasteiger partial charge in [0, 0.05) is 36.4 Å². The summed E-state index contributed by atoms with van der Waals surface area (Å²) in [6.45, 7) is 0.827. The first-order valence-corrected chi connectivity index (χ1v) is 8.01. The smallest absolute Gasteiger partial charge is 0.256 e. The van der Waals surface area contributed by atoms with Gasteiger partial charge in [-0.3, -0.25) is 4.79 Å². The summed E-state index contributed by atoms with van der Waals surface area (Å²) in [4.78, 5) is 16.4. The van der Waals surface area contributed by atoms with E-state index in [4.69, 9.17) is 5.73 Å². The molecule has 0 radical (unpaired) electrons. The summed E-state index contributed by atoms with van der Waals surface area (Å²) in [5.41, 5.74) is 8.59. The average Bonchev–Trinajstić information content (AvgIpc) is 2.98. The van der Waals surface area contributed by atoms with Crippen LogP contribution in [0.2, 0.25) is 0 Å². The molecular weight excluding hydrogens is 358 g/mol. The Bertz CT molecular complexity index is 828. The number of halogens is 1. The molecule has 23 heavy (non-hydrogen) atoms. The molecule has 0 aliphatic rings. The molecule has 0 saturated carbocycles. The van der Waals surface area contributed by atoms with Gasteiger partial charge in [-0.15, -0.1) is 0 Å². The molecule has 0 saturated heterocycles. The molecule has 1 amide bonds. The molecule has 3 N–H and O–H groups in total. The number of hydrogen-bond acceptors (Lipinski definition) is 4. The molecular formula is C16H16BrN5O. The van der Waals surface area contributed by atoms with Crippen LogP contribution in [0.5, 0.6) is 0 Å². The van der Waals surface area contributed by atoms with E-state index >= 15 is 0 Å². The summed E-state index contributed by atoms with van der Waals surface area (Å²) in [6, 6.07) is 8.14. The molecule has 0 spiro atoms. The van der Waals surface area contributed by atoms with Crippen molar-refractivity contribution in [2.45, 2.75) is 6.42 Å². The van der Waals surface area contributed by atoms with Gasteiger partial charge in [0.05, 0.1) is 6.20 Å². The first kappa shape index (κ1) is 15.6. The minimum absolute atomic E-state index is 0.210. The molecule has 2 heterocycles. The van der Waals surface area contributed by atoms with Gasteiger partial charge < -0.3 is 11.1 Å². The molecule has 3 rings (SSSR count). The topological polar surface area (TPSA) is 85.3 Å². The summed E-state index contributed by atoms with van der Waals surface area (Å²) >= 11 is 3.43. The number of nitrogens with one attached hydrogen (secondary N) is 1. The number of hydrogen-bond donors (Lipinski definition) is 2. The van der Waals surface area contributed by atoms with E-state index in [2.05, 4.69) is 43.5 Å². The van der Waals surface area contributed by atoms with Gasteiger partial charge in [-0.25, -0.2) is 9.50 Å². The van der Waals surface area contributed by atoms with Crippen molar-refractivity contribution in [3.05, 3.63) is 64.0 Å². The number of fused-ring (bicyclic) bond motifs is 1. The molecule has 118 valence electrons. The highest BCUT2D eigenvalue weighted by atomic mass is 79.9. The third-order valence-electron chi connectivity index (χ3n) is 3.41. The normalized spacial score (nSPS) is 10.9. The number of nitrogens with two attached hydrogens (primary N) is 1. The highest BCUT2D eigenvalue weighted by Crippen LogP contribution is 2.15. The van der Waals surface area contributed by atoms with Gasteiger partial charge in [-0.2, -0.15) is 5.10 Å². The molecule has 3 aromatic rings. The van der Waals surface area contributed by atoms with E-state index in [9.17, 15) is 4.79 Å². The second kappa shape index (κ2) is 6.89. The van der Waals surface area contributed by atoms with Crippen LogP contribution in [0.25, 0.3) is 5.65 Å². The molecule has 1 aromatic carbocycles. The molecule has 2 aromatic heterocycles. The maximum absolute atomic E-state index is 12.0. The Balaban J connectivity index is 1.83. The summed E-state index contributed by atoms with van der Waals surface area (Å²) in [5, 5.41) is 6.94. The summed E-state index contributed by atoms with van der Waals surface area (Å²) < 4.78 is 2.68. The lowest BCUT2D eigenvalue weighted by atomic mass is 10.1. The van der Waals surface area contributed by atoms with Gasteiger partial charge in [-0.05, 0) is 23.3 Å². The number of amides is 1. The van der Waals surface area contributed by atoms with Crippen LogP contribution in [-0.2, 0) is 6.42 Å². The van der Waals surface area contributed by atoms with Crippen LogP contribution < -0.4 is 11.1 Å². The van der Waals surface area contributed by atoms with Crippen LogP contribution in [0.4, 0.5) is 0 Å². The molecule has 0 aliphatic heterocycles. The van der Waals surface area contributed by atoms with Crippen LogP contribution in [-0.4, -0.2) is 33.6 Å². The molecule has 0 fully saturated rings. The zero-order valence-corrected chi connectivity index (χ0v) is 14.0. The van der Waals surface area contributed by atoms with E-state index < -0.39 is 0 Å². The lowest BCUT2D eigenvalue weighted by Gasteiger charge is -2.04. The van der Waals surface area contributed by atoms with Gasteiger partial charge in [0.1, 0.15) is 5.56 Å². The molecule has 0 bridgehead atoms. The van der Waals surface area contributed by atoms with Gasteiger partial charge >= 0.3 is 0 Å². The van der Waals surface area contributed by atoms with Crippen LogP contribution in [0.3, 0.4) is 0 Å². The second-order valence-electron chi connectivity index (χ2n) is 5.14. The maximum Gasteiger partial charge on any atom is 0.256 e. The molecule has 7 heteroatoms. The first-order valence-electron chi connectivity index (χ1n) is 7.22. The summed E-state index contributed by atoms with van der Waals surface area (Å²) in [5.74, 6) is -0.210. The quantitative estimate of drug-likeness (QED) is 0.713. The Labute approximate surface area is 141 Å². The van der Waals surface area contributed by atoms with Crippen molar-refractivity contribution in [2.75, 3.05) is 13.1 Å². The SMILES string of the molecule is NCCNC(=O)c1cnn2cc(Cc3ccc(Br)cc3)cnc12. The monoisotopic (exact) mass is 373 g/mol. The highest BCUT2D eigenvalue weighted by molar-refractivity contribution is 9.10. The van der Waals surface area contributed by atoms with Crippen LogP contribution in [0.1, 0.15) is 21.5 Å². The fraction of sp³-hybridized carbons (Fsp3) is 0.188. The zero-order valence-electron chi connectivity index (χ0n) is 12.4. The van der Waals surface area contributed by atoms with E-state index in [1.54, 1.807) is 10.7 Å². The van der Waals surface area contributed by atoms with Crippen molar-refractivity contribution in [3.63, 3.8) is 0 Å². The van der Waals surface area contributed by atoms with Crippen LogP contribution >= 0.6 is 15.9 Å². The molecule has 0 aliphatic carbocycles. The van der Waals surface area contributed by atoms with E-state index in [1.807, 2.05) is 18.3 Å². The van der Waals surface area contributed by atoms with E-state index in [0.29, 0.717) is 24.3 Å². The molecule has 0 atom stereocenters. The Morgan fingerprint density at radius 2 is 2.00 bits per heavy atom. The predicted molar refractivity (Wildman–Crippen MR) is 91.3 cm³/mol. The second-order valence-corrected chi connectivity index (χ2v) is 6.05. The number of carbonyl (C=O) groups is 1. The van der Waals surface area contributed by atoms with E-state index in [-0.39, 0.29) is 5.91 Å². The Morgan fingerprint density at radius 1 is 1.22 bits per heavy atom. The Hall–Kier alpha value is -2.25. The third-order valence-corrected chi connectivity index (χ3v) is 3.93. The standard InChI is InChI=1S/C16H16BrN5O/c17-13-3-1-11(2-4-13)7-12-8-20-15-14(9-21-22(15)10-12)16(23)19-6-5-18/h1-4,8-10H,5-7,18H2,(H,19,23). The predicted octanol–water partition coefficient (Wildman–Crippen LogP) is 1.77. The van der Waals surface area contributed by atoms with Crippen molar-refractivity contribution in [2.24, 2.45) is 5.73 Å². The number of nitrogens with zero attached hydrogens (tertiary/aromatic N) is 3. The average molecular weight is 374 g/mol. The third kappa shape index (κ3) is 3.57. The maximum atomic E-state index is 12.0. The lowest BCUT2D eigenvalue weighted by Crippen LogP contribution is -2.28.